The molecular weight excluding hydrogens is 428 g/mol. The van der Waals surface area contributed by atoms with Gasteiger partial charge in [0, 0.05) is 23.8 Å². The van der Waals surface area contributed by atoms with Gasteiger partial charge < -0.3 is 10.6 Å². The Labute approximate surface area is 178 Å². The Morgan fingerprint density at radius 1 is 1.07 bits per heavy atom. The fourth-order valence-electron chi connectivity index (χ4n) is 2.40. The third-order valence-corrected chi connectivity index (χ3v) is 6.33. The number of nitrogens with one attached hydrogen (secondary N) is 3. The van der Waals surface area contributed by atoms with E-state index in [0.717, 1.165) is 12.0 Å². The molecule has 2 aromatic carbocycles. The number of thiocarbonyl (C=S) groups is 1. The second-order valence-electron chi connectivity index (χ2n) is 5.91. The van der Waals surface area contributed by atoms with Crippen LogP contribution in [0.3, 0.4) is 0 Å². The van der Waals surface area contributed by atoms with Crippen LogP contribution < -0.4 is 15.4 Å². The van der Waals surface area contributed by atoms with E-state index in [1.807, 2.05) is 30.3 Å². The van der Waals surface area contributed by atoms with E-state index >= 15 is 0 Å². The van der Waals surface area contributed by atoms with Crippen molar-refractivity contribution in [2.45, 2.75) is 11.3 Å². The summed E-state index contributed by atoms with van der Waals surface area (Å²) in [7, 11) is -3.74. The summed E-state index contributed by atoms with van der Waals surface area (Å²) in [6.07, 6.45) is 2.25. The molecule has 0 fully saturated rings. The van der Waals surface area contributed by atoms with Gasteiger partial charge in [0.25, 0.3) is 15.9 Å². The molecule has 29 heavy (non-hydrogen) atoms. The molecule has 3 N–H and O–H groups in total. The van der Waals surface area contributed by atoms with Crippen LogP contribution in [0.5, 0.6) is 0 Å². The van der Waals surface area contributed by atoms with Crippen molar-refractivity contribution >= 4 is 55.3 Å². The largest absolute Gasteiger partial charge is 0.371 e. The lowest BCUT2D eigenvalue weighted by Gasteiger charge is -2.10. The van der Waals surface area contributed by atoms with E-state index in [4.69, 9.17) is 12.2 Å². The minimum Gasteiger partial charge on any atom is -0.371 e. The number of sulfonamides is 1. The molecule has 0 unspecified atom stereocenters. The maximum atomic E-state index is 12.3. The van der Waals surface area contributed by atoms with Crippen molar-refractivity contribution in [2.24, 2.45) is 0 Å². The van der Waals surface area contributed by atoms with Gasteiger partial charge in [0.2, 0.25) is 0 Å². The molecule has 150 valence electrons. The average Bonchev–Trinajstić information content (AvgIpc) is 3.21. The Bertz CT molecular complexity index is 1070. The van der Waals surface area contributed by atoms with Gasteiger partial charge in [-0.25, -0.2) is 13.4 Å². The smallest absolute Gasteiger partial charge is 0.283 e. The molecule has 0 aliphatic rings. The Balaban J connectivity index is 1.52. The highest BCUT2D eigenvalue weighted by molar-refractivity contribution is 7.93. The zero-order chi connectivity index (χ0) is 20.7. The summed E-state index contributed by atoms with van der Waals surface area (Å²) in [5.74, 6) is -0.454. The Hall–Kier alpha value is -2.82. The first-order valence-electron chi connectivity index (χ1n) is 8.59. The molecule has 0 saturated carbocycles. The van der Waals surface area contributed by atoms with E-state index in [2.05, 4.69) is 20.3 Å². The van der Waals surface area contributed by atoms with E-state index in [-0.39, 0.29) is 15.0 Å². The molecule has 0 radical (unpaired) electrons. The minimum atomic E-state index is -3.74. The van der Waals surface area contributed by atoms with E-state index in [1.54, 1.807) is 5.38 Å². The van der Waals surface area contributed by atoms with Crippen molar-refractivity contribution in [1.29, 1.82) is 0 Å². The number of aromatic nitrogens is 1. The number of amides is 1. The highest BCUT2D eigenvalue weighted by atomic mass is 32.2. The van der Waals surface area contributed by atoms with Gasteiger partial charge in [-0.2, -0.15) is 0 Å². The summed E-state index contributed by atoms with van der Waals surface area (Å²) in [6, 6.07) is 15.7. The lowest BCUT2D eigenvalue weighted by molar-refractivity contribution is -0.110. The zero-order valence-electron chi connectivity index (χ0n) is 15.2. The van der Waals surface area contributed by atoms with Gasteiger partial charge in [-0.3, -0.25) is 9.52 Å². The Morgan fingerprint density at radius 2 is 1.79 bits per heavy atom. The van der Waals surface area contributed by atoms with Crippen LogP contribution in [0.1, 0.15) is 5.56 Å². The standard InChI is InChI=1S/C19H18N4O3S3/c24-17(18(27)20-11-10-14-4-2-1-3-5-14)22-15-6-8-16(9-7-15)29(25,26)23-19-21-12-13-28-19/h1-9,12-13H,10-11H2,(H,20,27)(H,21,23)(H,22,24). The van der Waals surface area contributed by atoms with E-state index in [0.29, 0.717) is 12.2 Å². The number of anilines is 2. The van der Waals surface area contributed by atoms with Gasteiger partial charge in [-0.05, 0) is 36.2 Å². The number of hydrogen-bond acceptors (Lipinski definition) is 6. The average molecular weight is 447 g/mol. The van der Waals surface area contributed by atoms with Crippen molar-refractivity contribution in [2.75, 3.05) is 16.6 Å². The van der Waals surface area contributed by atoms with Gasteiger partial charge in [-0.1, -0.05) is 42.5 Å². The van der Waals surface area contributed by atoms with Crippen LogP contribution in [0.25, 0.3) is 0 Å². The summed E-state index contributed by atoms with van der Waals surface area (Å²) in [5, 5.41) is 7.53. The number of hydrogen-bond donors (Lipinski definition) is 3. The van der Waals surface area contributed by atoms with Gasteiger partial charge in [0.1, 0.15) is 0 Å². The van der Waals surface area contributed by atoms with Gasteiger partial charge in [0.05, 0.1) is 4.90 Å². The van der Waals surface area contributed by atoms with Crippen molar-refractivity contribution in [3.63, 3.8) is 0 Å². The van der Waals surface area contributed by atoms with Crippen LogP contribution in [0.2, 0.25) is 0 Å². The number of carbonyl (C=O) groups excluding carboxylic acids is 1. The van der Waals surface area contributed by atoms with Crippen molar-refractivity contribution in [3.8, 4) is 0 Å². The van der Waals surface area contributed by atoms with E-state index in [1.165, 1.54) is 41.8 Å². The number of thiazole rings is 1. The molecule has 1 aromatic heterocycles. The fraction of sp³-hybridized carbons (Fsp3) is 0.105. The first-order valence-corrected chi connectivity index (χ1v) is 11.4. The quantitative estimate of drug-likeness (QED) is 0.483. The van der Waals surface area contributed by atoms with Gasteiger partial charge >= 0.3 is 0 Å². The van der Waals surface area contributed by atoms with Crippen molar-refractivity contribution in [3.05, 3.63) is 71.7 Å². The Kier molecular flexibility index (Phi) is 6.91. The molecule has 7 nitrogen and oxygen atoms in total. The molecule has 0 aliphatic carbocycles. The third-order valence-electron chi connectivity index (χ3n) is 3.82. The van der Waals surface area contributed by atoms with Gasteiger partial charge in [0.15, 0.2) is 10.1 Å². The van der Waals surface area contributed by atoms with Crippen LogP contribution in [0, 0.1) is 0 Å². The molecule has 1 amide bonds. The van der Waals surface area contributed by atoms with E-state index in [9.17, 15) is 13.2 Å². The molecule has 0 spiro atoms. The normalized spacial score (nSPS) is 10.9. The van der Waals surface area contributed by atoms with Crippen molar-refractivity contribution < 1.29 is 13.2 Å². The molecule has 0 atom stereocenters. The van der Waals surface area contributed by atoms with Crippen LogP contribution in [-0.4, -0.2) is 30.8 Å². The van der Waals surface area contributed by atoms with E-state index < -0.39 is 15.9 Å². The molecule has 3 aromatic rings. The molecular formula is C19H18N4O3S3. The zero-order valence-corrected chi connectivity index (χ0v) is 17.6. The predicted octanol–water partition coefficient (Wildman–Crippen LogP) is 3.04. The maximum absolute atomic E-state index is 12.3. The summed E-state index contributed by atoms with van der Waals surface area (Å²) >= 11 is 6.29. The topological polar surface area (TPSA) is 100 Å². The molecule has 0 bridgehead atoms. The highest BCUT2D eigenvalue weighted by Crippen LogP contribution is 2.19. The second kappa shape index (κ2) is 9.59. The lowest BCUT2D eigenvalue weighted by atomic mass is 10.1. The third kappa shape index (κ3) is 6.08. The number of rotatable bonds is 7. The lowest BCUT2D eigenvalue weighted by Crippen LogP contribution is -2.35. The first kappa shape index (κ1) is 20.9. The summed E-state index contributed by atoms with van der Waals surface area (Å²) in [5.41, 5.74) is 1.58. The maximum Gasteiger partial charge on any atom is 0.283 e. The number of nitrogens with zero attached hydrogens (tertiary/aromatic N) is 1. The summed E-state index contributed by atoms with van der Waals surface area (Å²) in [6.45, 7) is 0.538. The van der Waals surface area contributed by atoms with Crippen LogP contribution in [-0.2, 0) is 21.2 Å². The highest BCUT2D eigenvalue weighted by Gasteiger charge is 2.16. The number of benzene rings is 2. The molecule has 10 heteroatoms. The summed E-state index contributed by atoms with van der Waals surface area (Å²) < 4.78 is 27.0. The Morgan fingerprint density at radius 3 is 2.45 bits per heavy atom. The second-order valence-corrected chi connectivity index (χ2v) is 8.90. The van der Waals surface area contributed by atoms with Gasteiger partial charge in [-0.15, -0.1) is 11.3 Å². The molecule has 1 heterocycles. The van der Waals surface area contributed by atoms with Crippen molar-refractivity contribution in [1.82, 2.24) is 10.3 Å². The minimum absolute atomic E-state index is 0.0641. The monoisotopic (exact) mass is 446 g/mol. The molecule has 3 rings (SSSR count). The fourth-order valence-corrected chi connectivity index (χ4v) is 4.34. The van der Waals surface area contributed by atoms with Crippen LogP contribution in [0.4, 0.5) is 10.8 Å². The first-order chi connectivity index (χ1) is 13.9. The summed E-state index contributed by atoms with van der Waals surface area (Å²) in [4.78, 5) is 16.2. The predicted molar refractivity (Wildman–Crippen MR) is 119 cm³/mol. The SMILES string of the molecule is O=C(Nc1ccc(S(=O)(=O)Nc2nccs2)cc1)C(=S)NCCc1ccccc1. The molecule has 0 aliphatic heterocycles. The van der Waals surface area contributed by atoms with Crippen LogP contribution in [0.15, 0.2) is 71.1 Å². The van der Waals surface area contributed by atoms with Crippen LogP contribution >= 0.6 is 23.6 Å². The number of carbonyl (C=O) groups is 1. The molecule has 0 saturated heterocycles.